The molecule has 1 unspecified atom stereocenters. The van der Waals surface area contributed by atoms with Crippen LogP contribution in [0.2, 0.25) is 4.34 Å². The first kappa shape index (κ1) is 13.8. The van der Waals surface area contributed by atoms with Crippen molar-refractivity contribution < 1.29 is 9.53 Å². The summed E-state index contributed by atoms with van der Waals surface area (Å²) in [5, 5.41) is 3.70. The van der Waals surface area contributed by atoms with Gasteiger partial charge in [-0.3, -0.25) is 0 Å². The molecular formula is C13H13ClN2O2S. The third kappa shape index (κ3) is 3.45. The number of hydrogen-bond acceptors (Lipinski definition) is 5. The summed E-state index contributed by atoms with van der Waals surface area (Å²) in [5.41, 5.74) is 1.94. The number of methoxy groups -OCH3 is 1. The smallest absolute Gasteiger partial charge is 0.335 e. The Morgan fingerprint density at radius 1 is 1.53 bits per heavy atom. The normalized spacial score (nSPS) is 11.9. The predicted molar refractivity (Wildman–Crippen MR) is 76.7 cm³/mol. The number of benzene rings is 1. The van der Waals surface area contributed by atoms with E-state index in [1.54, 1.807) is 0 Å². The number of carbonyl (C=O) groups excluding carboxylic acids is 1. The van der Waals surface area contributed by atoms with Crippen LogP contribution in [0.1, 0.15) is 16.6 Å². The lowest BCUT2D eigenvalue weighted by molar-refractivity contribution is -0.141. The molecule has 0 aliphatic heterocycles. The molecule has 0 saturated carbocycles. The van der Waals surface area contributed by atoms with E-state index >= 15 is 0 Å². The summed E-state index contributed by atoms with van der Waals surface area (Å²) in [6.07, 6.45) is 1.52. The third-order valence-corrected chi connectivity index (χ3v) is 3.69. The first-order valence-electron chi connectivity index (χ1n) is 5.62. The van der Waals surface area contributed by atoms with E-state index in [-0.39, 0.29) is 0 Å². The van der Waals surface area contributed by atoms with Gasteiger partial charge in [0.1, 0.15) is 9.34 Å². The van der Waals surface area contributed by atoms with Gasteiger partial charge in [-0.15, -0.1) is 11.3 Å². The van der Waals surface area contributed by atoms with Crippen LogP contribution >= 0.6 is 22.9 Å². The van der Waals surface area contributed by atoms with Gasteiger partial charge in [0.15, 0.2) is 6.04 Å². The van der Waals surface area contributed by atoms with E-state index in [0.29, 0.717) is 9.34 Å². The van der Waals surface area contributed by atoms with Gasteiger partial charge < -0.3 is 10.1 Å². The molecule has 2 aromatic rings. The highest BCUT2D eigenvalue weighted by molar-refractivity contribution is 7.16. The number of hydrogen-bond donors (Lipinski definition) is 1. The van der Waals surface area contributed by atoms with Crippen molar-refractivity contribution in [2.45, 2.75) is 13.0 Å². The van der Waals surface area contributed by atoms with Gasteiger partial charge in [0.2, 0.25) is 0 Å². The molecular weight excluding hydrogens is 284 g/mol. The zero-order chi connectivity index (χ0) is 13.8. The van der Waals surface area contributed by atoms with Gasteiger partial charge in [0.05, 0.1) is 13.3 Å². The lowest BCUT2D eigenvalue weighted by Gasteiger charge is -2.15. The Bertz CT molecular complexity index is 586. The SMILES string of the molecule is COC(=O)C(Nc1cccc(C)c1)c1ncc(Cl)s1. The molecule has 0 saturated heterocycles. The molecule has 0 aliphatic carbocycles. The first-order valence-corrected chi connectivity index (χ1v) is 6.82. The number of aryl methyl sites for hydroxylation is 1. The molecule has 1 aromatic carbocycles. The second-order valence-electron chi connectivity index (χ2n) is 3.97. The van der Waals surface area contributed by atoms with Crippen molar-refractivity contribution >= 4 is 34.6 Å². The van der Waals surface area contributed by atoms with Gasteiger partial charge in [-0.25, -0.2) is 9.78 Å². The molecule has 1 N–H and O–H groups in total. The highest BCUT2D eigenvalue weighted by Gasteiger charge is 2.24. The van der Waals surface area contributed by atoms with Gasteiger partial charge in [-0.05, 0) is 24.6 Å². The number of aromatic nitrogens is 1. The number of anilines is 1. The number of thiazole rings is 1. The van der Waals surface area contributed by atoms with Gasteiger partial charge in [-0.1, -0.05) is 23.7 Å². The lowest BCUT2D eigenvalue weighted by atomic mass is 10.2. The number of carbonyl (C=O) groups is 1. The topological polar surface area (TPSA) is 51.2 Å². The van der Waals surface area contributed by atoms with Crippen molar-refractivity contribution in [3.05, 3.63) is 45.4 Å². The van der Waals surface area contributed by atoms with Crippen LogP contribution in [-0.2, 0) is 9.53 Å². The van der Waals surface area contributed by atoms with Crippen molar-refractivity contribution in [3.63, 3.8) is 0 Å². The van der Waals surface area contributed by atoms with Gasteiger partial charge in [0, 0.05) is 5.69 Å². The molecule has 0 spiro atoms. The van der Waals surface area contributed by atoms with E-state index in [1.807, 2.05) is 31.2 Å². The predicted octanol–water partition coefficient (Wildman–Crippen LogP) is 3.43. The number of halogens is 1. The molecule has 19 heavy (non-hydrogen) atoms. The van der Waals surface area contributed by atoms with Gasteiger partial charge in [-0.2, -0.15) is 0 Å². The van der Waals surface area contributed by atoms with E-state index in [0.717, 1.165) is 11.3 Å². The van der Waals surface area contributed by atoms with Crippen molar-refractivity contribution in [1.82, 2.24) is 4.98 Å². The maximum Gasteiger partial charge on any atom is 0.335 e. The maximum absolute atomic E-state index is 11.8. The minimum Gasteiger partial charge on any atom is -0.467 e. The van der Waals surface area contributed by atoms with Crippen LogP contribution in [0, 0.1) is 6.92 Å². The zero-order valence-electron chi connectivity index (χ0n) is 10.5. The van der Waals surface area contributed by atoms with Crippen molar-refractivity contribution in [2.24, 2.45) is 0 Å². The second-order valence-corrected chi connectivity index (χ2v) is 5.67. The molecule has 0 bridgehead atoms. The summed E-state index contributed by atoms with van der Waals surface area (Å²) in [5.74, 6) is -0.396. The molecule has 0 amide bonds. The van der Waals surface area contributed by atoms with Crippen LogP contribution < -0.4 is 5.32 Å². The molecule has 100 valence electrons. The summed E-state index contributed by atoms with van der Waals surface area (Å²) < 4.78 is 5.34. The highest BCUT2D eigenvalue weighted by atomic mass is 35.5. The van der Waals surface area contributed by atoms with Crippen LogP contribution in [-0.4, -0.2) is 18.1 Å². The zero-order valence-corrected chi connectivity index (χ0v) is 12.1. The van der Waals surface area contributed by atoms with E-state index in [1.165, 1.54) is 24.6 Å². The van der Waals surface area contributed by atoms with Crippen LogP contribution in [0.5, 0.6) is 0 Å². The molecule has 0 fully saturated rings. The lowest BCUT2D eigenvalue weighted by Crippen LogP contribution is -2.22. The third-order valence-electron chi connectivity index (χ3n) is 2.51. The summed E-state index contributed by atoms with van der Waals surface area (Å²) in [6.45, 7) is 1.98. The van der Waals surface area contributed by atoms with E-state index in [2.05, 4.69) is 10.3 Å². The number of nitrogens with zero attached hydrogens (tertiary/aromatic N) is 1. The Morgan fingerprint density at radius 2 is 2.32 bits per heavy atom. The molecule has 1 atom stereocenters. The quantitative estimate of drug-likeness (QED) is 0.878. The molecule has 1 aromatic heterocycles. The number of rotatable bonds is 4. The standard InChI is InChI=1S/C13H13ClN2O2S/c1-8-4-3-5-9(6-8)16-11(13(17)18-2)12-15-7-10(14)19-12/h3-7,11,16H,1-2H3. The maximum atomic E-state index is 11.8. The molecule has 1 heterocycles. The average Bonchev–Trinajstić information content (AvgIpc) is 2.81. The first-order chi connectivity index (χ1) is 9.10. The summed E-state index contributed by atoms with van der Waals surface area (Å²) >= 11 is 7.11. The Labute approximate surface area is 120 Å². The minimum atomic E-state index is -0.649. The Hall–Kier alpha value is -1.59. The van der Waals surface area contributed by atoms with Gasteiger partial charge >= 0.3 is 5.97 Å². The van der Waals surface area contributed by atoms with Crippen LogP contribution in [0.15, 0.2) is 30.5 Å². The number of nitrogens with one attached hydrogen (secondary N) is 1. The second kappa shape index (κ2) is 6.04. The van der Waals surface area contributed by atoms with Crippen molar-refractivity contribution in [2.75, 3.05) is 12.4 Å². The number of ether oxygens (including phenoxy) is 1. The van der Waals surface area contributed by atoms with Crippen LogP contribution in [0.3, 0.4) is 0 Å². The van der Waals surface area contributed by atoms with E-state index in [4.69, 9.17) is 16.3 Å². The number of esters is 1. The molecule has 0 aliphatic rings. The van der Waals surface area contributed by atoms with Crippen molar-refractivity contribution in [1.29, 1.82) is 0 Å². The Kier molecular flexibility index (Phi) is 4.39. The molecule has 4 nitrogen and oxygen atoms in total. The van der Waals surface area contributed by atoms with E-state index in [9.17, 15) is 4.79 Å². The van der Waals surface area contributed by atoms with Crippen LogP contribution in [0.4, 0.5) is 5.69 Å². The Morgan fingerprint density at radius 3 is 2.89 bits per heavy atom. The molecule has 6 heteroatoms. The Balaban J connectivity index is 2.26. The van der Waals surface area contributed by atoms with Gasteiger partial charge in [0.25, 0.3) is 0 Å². The summed E-state index contributed by atoms with van der Waals surface area (Å²) in [6, 6.07) is 7.09. The highest BCUT2D eigenvalue weighted by Crippen LogP contribution is 2.27. The summed E-state index contributed by atoms with van der Waals surface area (Å²) in [4.78, 5) is 16.0. The van der Waals surface area contributed by atoms with E-state index < -0.39 is 12.0 Å². The van der Waals surface area contributed by atoms with Crippen LogP contribution in [0.25, 0.3) is 0 Å². The average molecular weight is 297 g/mol. The molecule has 0 radical (unpaired) electrons. The minimum absolute atomic E-state index is 0.396. The summed E-state index contributed by atoms with van der Waals surface area (Å²) in [7, 11) is 1.35. The fourth-order valence-electron chi connectivity index (χ4n) is 1.64. The monoisotopic (exact) mass is 296 g/mol. The largest absolute Gasteiger partial charge is 0.467 e. The fourth-order valence-corrected chi connectivity index (χ4v) is 2.61. The van der Waals surface area contributed by atoms with Crippen molar-refractivity contribution in [3.8, 4) is 0 Å². The molecule has 2 rings (SSSR count). The fraction of sp³-hybridized carbons (Fsp3) is 0.231.